The first-order valence-corrected chi connectivity index (χ1v) is 6.20. The topological polar surface area (TPSA) is 23.5 Å². The Kier molecular flexibility index (Phi) is 5.10. The molecule has 0 saturated carbocycles. The van der Waals surface area contributed by atoms with Crippen LogP contribution in [0.2, 0.25) is 5.02 Å². The minimum atomic E-state index is 0.198. The zero-order chi connectivity index (χ0) is 12.1. The summed E-state index contributed by atoms with van der Waals surface area (Å²) in [6, 6.07) is 5.42. The number of halogens is 1. The van der Waals surface area contributed by atoms with Crippen LogP contribution < -0.4 is 0 Å². The number of rotatable bonds is 5. The molecule has 3 heteroatoms. The summed E-state index contributed by atoms with van der Waals surface area (Å²) in [5.74, 6) is 0.325. The molecule has 0 aliphatic rings. The molecule has 1 rings (SSSR count). The van der Waals surface area contributed by atoms with Crippen molar-refractivity contribution in [3.63, 3.8) is 0 Å². The average Bonchev–Trinajstić information content (AvgIpc) is 2.28. The Hall–Kier alpha value is -0.730. The highest BCUT2D eigenvalue weighted by molar-refractivity contribution is 6.30. The maximum Gasteiger partial charge on any atom is 0.120 e. The van der Waals surface area contributed by atoms with Gasteiger partial charge < -0.3 is 5.11 Å². The van der Waals surface area contributed by atoms with Crippen LogP contribution in [0.25, 0.3) is 0 Å². The van der Waals surface area contributed by atoms with Gasteiger partial charge in [-0.1, -0.05) is 25.4 Å². The Morgan fingerprint density at radius 3 is 2.62 bits per heavy atom. The fourth-order valence-electron chi connectivity index (χ4n) is 1.97. The molecule has 0 fully saturated rings. The molecule has 0 saturated heterocycles. The number of hydrogen-bond acceptors (Lipinski definition) is 2. The van der Waals surface area contributed by atoms with Gasteiger partial charge in [-0.2, -0.15) is 0 Å². The third kappa shape index (κ3) is 3.13. The average molecular weight is 242 g/mol. The van der Waals surface area contributed by atoms with Gasteiger partial charge in [-0.15, -0.1) is 0 Å². The molecule has 0 aliphatic carbocycles. The number of hydrogen-bond donors (Lipinski definition) is 1. The summed E-state index contributed by atoms with van der Waals surface area (Å²) in [5.41, 5.74) is 0.905. The van der Waals surface area contributed by atoms with E-state index in [0.717, 1.165) is 25.1 Å². The lowest BCUT2D eigenvalue weighted by Crippen LogP contribution is -2.27. The summed E-state index contributed by atoms with van der Waals surface area (Å²) in [5, 5.41) is 10.5. The summed E-state index contributed by atoms with van der Waals surface area (Å²) < 4.78 is 0. The van der Waals surface area contributed by atoms with Crippen molar-refractivity contribution < 1.29 is 5.11 Å². The number of phenols is 1. The zero-order valence-corrected chi connectivity index (χ0v) is 11.0. The van der Waals surface area contributed by atoms with Gasteiger partial charge in [-0.05, 0) is 44.6 Å². The van der Waals surface area contributed by atoms with Gasteiger partial charge >= 0.3 is 0 Å². The van der Waals surface area contributed by atoms with Crippen LogP contribution in [0.4, 0.5) is 0 Å². The summed E-state index contributed by atoms with van der Waals surface area (Å²) in [7, 11) is 0. The van der Waals surface area contributed by atoms with Crippen molar-refractivity contribution in [1.29, 1.82) is 0 Å². The van der Waals surface area contributed by atoms with Crippen molar-refractivity contribution in [2.45, 2.75) is 33.2 Å². The lowest BCUT2D eigenvalue weighted by molar-refractivity contribution is 0.219. The Morgan fingerprint density at radius 2 is 2.06 bits per heavy atom. The number of phenolic OH excluding ortho intramolecular Hbond substituents is 1. The van der Waals surface area contributed by atoms with E-state index in [1.807, 2.05) is 6.07 Å². The Labute approximate surface area is 103 Å². The molecule has 0 bridgehead atoms. The van der Waals surface area contributed by atoms with E-state index in [4.69, 9.17) is 11.6 Å². The van der Waals surface area contributed by atoms with Gasteiger partial charge in [0.05, 0.1) is 0 Å². The number of nitrogens with zero attached hydrogens (tertiary/aromatic N) is 1. The van der Waals surface area contributed by atoms with E-state index in [9.17, 15) is 5.11 Å². The molecule has 0 aliphatic heterocycles. The largest absolute Gasteiger partial charge is 0.508 e. The van der Waals surface area contributed by atoms with Crippen molar-refractivity contribution in [3.8, 4) is 5.75 Å². The maximum absolute atomic E-state index is 9.83. The minimum absolute atomic E-state index is 0.198. The van der Waals surface area contributed by atoms with E-state index < -0.39 is 0 Å². The van der Waals surface area contributed by atoms with E-state index in [0.29, 0.717) is 10.8 Å². The molecule has 16 heavy (non-hydrogen) atoms. The molecular weight excluding hydrogens is 222 g/mol. The molecule has 0 heterocycles. The predicted octanol–water partition coefficient (Wildman–Crippen LogP) is 3.84. The van der Waals surface area contributed by atoms with E-state index in [1.165, 1.54) is 0 Å². The van der Waals surface area contributed by atoms with Gasteiger partial charge in [0.2, 0.25) is 0 Å². The smallest absolute Gasteiger partial charge is 0.120 e. The van der Waals surface area contributed by atoms with Crippen LogP contribution in [-0.4, -0.2) is 23.1 Å². The monoisotopic (exact) mass is 241 g/mol. The summed E-state index contributed by atoms with van der Waals surface area (Å²) in [4.78, 5) is 2.32. The van der Waals surface area contributed by atoms with Gasteiger partial charge in [0.25, 0.3) is 0 Å². The van der Waals surface area contributed by atoms with Crippen molar-refractivity contribution in [2.75, 3.05) is 13.1 Å². The highest BCUT2D eigenvalue weighted by Gasteiger charge is 2.16. The first-order valence-electron chi connectivity index (χ1n) is 5.82. The summed E-state index contributed by atoms with van der Waals surface area (Å²) in [6.07, 6.45) is 1.11. The normalized spacial score (nSPS) is 13.1. The Balaban J connectivity index is 2.93. The summed E-state index contributed by atoms with van der Waals surface area (Å²) in [6.45, 7) is 8.40. The molecule has 0 aromatic heterocycles. The van der Waals surface area contributed by atoms with E-state index in [-0.39, 0.29) is 6.04 Å². The molecule has 0 radical (unpaired) electrons. The van der Waals surface area contributed by atoms with Crippen LogP contribution in [0.1, 0.15) is 38.8 Å². The van der Waals surface area contributed by atoms with Crippen LogP contribution in [0.15, 0.2) is 18.2 Å². The van der Waals surface area contributed by atoms with Crippen molar-refractivity contribution in [2.24, 2.45) is 0 Å². The minimum Gasteiger partial charge on any atom is -0.508 e. The first-order chi connectivity index (χ1) is 7.60. The third-order valence-corrected chi connectivity index (χ3v) is 3.14. The molecule has 1 aromatic rings. The van der Waals surface area contributed by atoms with Crippen LogP contribution >= 0.6 is 11.6 Å². The second-order valence-corrected chi connectivity index (χ2v) is 4.44. The predicted molar refractivity (Wildman–Crippen MR) is 69.1 cm³/mol. The maximum atomic E-state index is 9.83. The molecule has 1 aromatic carbocycles. The quantitative estimate of drug-likeness (QED) is 0.847. The summed E-state index contributed by atoms with van der Waals surface area (Å²) >= 11 is 5.96. The molecule has 1 N–H and O–H groups in total. The van der Waals surface area contributed by atoms with Crippen molar-refractivity contribution in [1.82, 2.24) is 4.90 Å². The number of benzene rings is 1. The Morgan fingerprint density at radius 1 is 1.38 bits per heavy atom. The molecule has 1 unspecified atom stereocenters. The van der Waals surface area contributed by atoms with Crippen molar-refractivity contribution >= 4 is 11.6 Å². The van der Waals surface area contributed by atoms with Crippen LogP contribution in [-0.2, 0) is 0 Å². The molecule has 2 nitrogen and oxygen atoms in total. The molecule has 90 valence electrons. The van der Waals surface area contributed by atoms with Gasteiger partial charge in [0.1, 0.15) is 5.75 Å². The molecule has 0 amide bonds. The van der Waals surface area contributed by atoms with Gasteiger partial charge in [-0.25, -0.2) is 0 Å². The number of aromatic hydroxyl groups is 1. The lowest BCUT2D eigenvalue weighted by atomic mass is 10.1. The van der Waals surface area contributed by atoms with Crippen LogP contribution in [0.3, 0.4) is 0 Å². The Bertz CT molecular complexity index is 341. The van der Waals surface area contributed by atoms with Crippen molar-refractivity contribution in [3.05, 3.63) is 28.8 Å². The van der Waals surface area contributed by atoms with Gasteiger partial charge in [0, 0.05) is 16.6 Å². The van der Waals surface area contributed by atoms with E-state index >= 15 is 0 Å². The van der Waals surface area contributed by atoms with E-state index in [2.05, 4.69) is 25.7 Å². The lowest BCUT2D eigenvalue weighted by Gasteiger charge is -2.28. The standard InChI is InChI=1S/C13H20ClNO/c1-4-8-15(5-2)10(3)12-9-11(14)6-7-13(12)16/h6-7,9-10,16H,4-5,8H2,1-3H3. The van der Waals surface area contributed by atoms with E-state index in [1.54, 1.807) is 12.1 Å². The van der Waals surface area contributed by atoms with Gasteiger partial charge in [0.15, 0.2) is 0 Å². The highest BCUT2D eigenvalue weighted by atomic mass is 35.5. The zero-order valence-electron chi connectivity index (χ0n) is 10.2. The molecule has 0 spiro atoms. The van der Waals surface area contributed by atoms with Crippen LogP contribution in [0, 0.1) is 0 Å². The fourth-order valence-corrected chi connectivity index (χ4v) is 2.15. The van der Waals surface area contributed by atoms with Gasteiger partial charge in [-0.3, -0.25) is 4.90 Å². The second kappa shape index (κ2) is 6.12. The fraction of sp³-hybridized carbons (Fsp3) is 0.538. The third-order valence-electron chi connectivity index (χ3n) is 2.90. The highest BCUT2D eigenvalue weighted by Crippen LogP contribution is 2.30. The molecule has 1 atom stereocenters. The molecular formula is C13H20ClNO. The van der Waals surface area contributed by atoms with Crippen LogP contribution in [0.5, 0.6) is 5.75 Å². The SMILES string of the molecule is CCCN(CC)C(C)c1cc(Cl)ccc1O. The first kappa shape index (κ1) is 13.3. The second-order valence-electron chi connectivity index (χ2n) is 4.01.